The lowest BCUT2D eigenvalue weighted by molar-refractivity contribution is 0.199. The van der Waals surface area contributed by atoms with Crippen molar-refractivity contribution in [3.05, 3.63) is 23.9 Å². The molecule has 2 unspecified atom stereocenters. The fraction of sp³-hybridized carbons (Fsp3) is 0.583. The summed E-state index contributed by atoms with van der Waals surface area (Å²) in [6.45, 7) is 2.86. The van der Waals surface area contributed by atoms with E-state index in [0.29, 0.717) is 0 Å². The molecule has 0 aliphatic carbocycles. The van der Waals surface area contributed by atoms with E-state index in [0.717, 1.165) is 30.8 Å². The number of hydrogen-bond acceptors (Lipinski definition) is 4. The van der Waals surface area contributed by atoms with Crippen molar-refractivity contribution in [2.24, 2.45) is 0 Å². The van der Waals surface area contributed by atoms with Gasteiger partial charge in [-0.1, -0.05) is 6.07 Å². The highest BCUT2D eigenvalue weighted by molar-refractivity contribution is 5.42. The number of aliphatic hydroxyl groups is 2. The van der Waals surface area contributed by atoms with Crippen LogP contribution in [0.4, 0.5) is 5.82 Å². The molecule has 1 aliphatic rings. The molecule has 0 bridgehead atoms. The molecule has 4 nitrogen and oxygen atoms in total. The van der Waals surface area contributed by atoms with Gasteiger partial charge in [-0.3, -0.25) is 0 Å². The molecule has 4 heteroatoms. The highest BCUT2D eigenvalue weighted by Crippen LogP contribution is 2.24. The number of anilines is 1. The summed E-state index contributed by atoms with van der Waals surface area (Å²) in [6.07, 6.45) is 3.35. The van der Waals surface area contributed by atoms with Crippen LogP contribution in [0.15, 0.2) is 18.3 Å². The Bertz CT molecular complexity index is 337. The van der Waals surface area contributed by atoms with E-state index in [1.165, 1.54) is 0 Å². The molecule has 0 amide bonds. The Kier molecular flexibility index (Phi) is 3.41. The van der Waals surface area contributed by atoms with Crippen molar-refractivity contribution < 1.29 is 10.2 Å². The average molecular weight is 222 g/mol. The Morgan fingerprint density at radius 2 is 2.38 bits per heavy atom. The van der Waals surface area contributed by atoms with Gasteiger partial charge in [-0.25, -0.2) is 4.98 Å². The number of pyridine rings is 1. The molecule has 1 aromatic rings. The van der Waals surface area contributed by atoms with Gasteiger partial charge in [0.2, 0.25) is 0 Å². The summed E-state index contributed by atoms with van der Waals surface area (Å²) in [4.78, 5) is 6.47. The fourth-order valence-electron chi connectivity index (χ4n) is 2.14. The van der Waals surface area contributed by atoms with Crippen LogP contribution in [0.3, 0.4) is 0 Å². The van der Waals surface area contributed by atoms with E-state index < -0.39 is 6.10 Å². The minimum atomic E-state index is -0.478. The van der Waals surface area contributed by atoms with E-state index in [4.69, 9.17) is 0 Å². The van der Waals surface area contributed by atoms with Gasteiger partial charge >= 0.3 is 0 Å². The van der Waals surface area contributed by atoms with Gasteiger partial charge in [0.25, 0.3) is 0 Å². The van der Waals surface area contributed by atoms with Crippen LogP contribution in [0.5, 0.6) is 0 Å². The molecule has 2 heterocycles. The summed E-state index contributed by atoms with van der Waals surface area (Å²) < 4.78 is 0. The van der Waals surface area contributed by atoms with Crippen molar-refractivity contribution in [1.82, 2.24) is 4.98 Å². The molecule has 0 saturated carbocycles. The zero-order valence-electron chi connectivity index (χ0n) is 9.50. The number of aromatic nitrogens is 1. The van der Waals surface area contributed by atoms with Crippen LogP contribution < -0.4 is 4.90 Å². The maximum absolute atomic E-state index is 9.38. The predicted molar refractivity (Wildman–Crippen MR) is 62.3 cm³/mol. The third-order valence-corrected chi connectivity index (χ3v) is 3.14. The van der Waals surface area contributed by atoms with Gasteiger partial charge in [0.1, 0.15) is 5.82 Å². The molecule has 2 rings (SSSR count). The van der Waals surface area contributed by atoms with Crippen LogP contribution in [0, 0.1) is 0 Å². The molecule has 16 heavy (non-hydrogen) atoms. The van der Waals surface area contributed by atoms with Gasteiger partial charge in [0, 0.05) is 12.7 Å². The molecule has 0 spiro atoms. The summed E-state index contributed by atoms with van der Waals surface area (Å²) in [5, 5.41) is 18.6. The largest absolute Gasteiger partial charge is 0.394 e. The molecule has 0 aromatic carbocycles. The highest BCUT2D eigenvalue weighted by Gasteiger charge is 2.24. The summed E-state index contributed by atoms with van der Waals surface area (Å²) in [5.74, 6) is 0.890. The van der Waals surface area contributed by atoms with Crippen LogP contribution >= 0.6 is 0 Å². The molecule has 1 saturated heterocycles. The molecule has 0 radical (unpaired) electrons. The summed E-state index contributed by atoms with van der Waals surface area (Å²) >= 11 is 0. The number of rotatable bonds is 3. The lowest BCUT2D eigenvalue weighted by Crippen LogP contribution is -2.32. The number of hydrogen-bond donors (Lipinski definition) is 2. The smallest absolute Gasteiger partial charge is 0.128 e. The first-order valence-corrected chi connectivity index (χ1v) is 5.74. The van der Waals surface area contributed by atoms with Gasteiger partial charge in [0.15, 0.2) is 0 Å². The summed E-state index contributed by atoms with van der Waals surface area (Å²) in [5.41, 5.74) is 0.823. The summed E-state index contributed by atoms with van der Waals surface area (Å²) in [7, 11) is 0. The SMILES string of the molecule is CC(O)c1ccc(N2CCCC2CO)nc1. The molecular formula is C12H18N2O2. The zero-order chi connectivity index (χ0) is 11.5. The Hall–Kier alpha value is -1.13. The van der Waals surface area contributed by atoms with E-state index >= 15 is 0 Å². The van der Waals surface area contributed by atoms with Crippen molar-refractivity contribution in [1.29, 1.82) is 0 Å². The average Bonchev–Trinajstić information content (AvgIpc) is 2.77. The van der Waals surface area contributed by atoms with Gasteiger partial charge < -0.3 is 15.1 Å². The molecule has 1 fully saturated rings. The monoisotopic (exact) mass is 222 g/mol. The molecule has 1 aromatic heterocycles. The van der Waals surface area contributed by atoms with E-state index in [1.54, 1.807) is 13.1 Å². The van der Waals surface area contributed by atoms with E-state index in [1.807, 2.05) is 12.1 Å². The lowest BCUT2D eigenvalue weighted by Gasteiger charge is -2.24. The quantitative estimate of drug-likeness (QED) is 0.804. The number of aliphatic hydroxyl groups excluding tert-OH is 2. The summed E-state index contributed by atoms with van der Waals surface area (Å²) in [6, 6.07) is 4.00. The molecule has 2 atom stereocenters. The van der Waals surface area contributed by atoms with E-state index in [2.05, 4.69) is 9.88 Å². The molecule has 2 N–H and O–H groups in total. The van der Waals surface area contributed by atoms with Gasteiger partial charge in [-0.05, 0) is 31.4 Å². The Morgan fingerprint density at radius 1 is 1.56 bits per heavy atom. The van der Waals surface area contributed by atoms with Crippen LogP contribution in [0.1, 0.15) is 31.4 Å². The zero-order valence-corrected chi connectivity index (χ0v) is 9.50. The normalized spacial score (nSPS) is 22.4. The second-order valence-electron chi connectivity index (χ2n) is 4.30. The van der Waals surface area contributed by atoms with Gasteiger partial charge in [-0.2, -0.15) is 0 Å². The van der Waals surface area contributed by atoms with Crippen molar-refractivity contribution >= 4 is 5.82 Å². The maximum atomic E-state index is 9.38. The third-order valence-electron chi connectivity index (χ3n) is 3.14. The second-order valence-corrected chi connectivity index (χ2v) is 4.30. The standard InChI is InChI=1S/C12H18N2O2/c1-9(16)10-4-5-12(13-7-10)14-6-2-3-11(14)8-15/h4-5,7,9,11,15-16H,2-3,6,8H2,1H3. The molecule has 88 valence electrons. The first-order chi connectivity index (χ1) is 7.72. The van der Waals surface area contributed by atoms with Crippen LogP contribution in [0.2, 0.25) is 0 Å². The Balaban J connectivity index is 2.15. The van der Waals surface area contributed by atoms with Crippen molar-refractivity contribution in [2.75, 3.05) is 18.1 Å². The third kappa shape index (κ3) is 2.18. The Morgan fingerprint density at radius 3 is 2.94 bits per heavy atom. The Labute approximate surface area is 95.5 Å². The predicted octanol–water partition coefficient (Wildman–Crippen LogP) is 1.10. The van der Waals surface area contributed by atoms with Crippen molar-refractivity contribution in [3.63, 3.8) is 0 Å². The second kappa shape index (κ2) is 4.80. The van der Waals surface area contributed by atoms with Crippen molar-refractivity contribution in [2.45, 2.75) is 31.9 Å². The van der Waals surface area contributed by atoms with Crippen molar-refractivity contribution in [3.8, 4) is 0 Å². The van der Waals surface area contributed by atoms with Crippen LogP contribution in [-0.4, -0.2) is 34.4 Å². The first-order valence-electron chi connectivity index (χ1n) is 5.74. The van der Waals surface area contributed by atoms with Crippen LogP contribution in [-0.2, 0) is 0 Å². The van der Waals surface area contributed by atoms with E-state index in [9.17, 15) is 10.2 Å². The fourth-order valence-corrected chi connectivity index (χ4v) is 2.14. The highest BCUT2D eigenvalue weighted by atomic mass is 16.3. The minimum Gasteiger partial charge on any atom is -0.394 e. The molecular weight excluding hydrogens is 204 g/mol. The lowest BCUT2D eigenvalue weighted by atomic mass is 10.2. The topological polar surface area (TPSA) is 56.6 Å². The number of nitrogens with zero attached hydrogens (tertiary/aromatic N) is 2. The minimum absolute atomic E-state index is 0.180. The van der Waals surface area contributed by atoms with Gasteiger partial charge in [0.05, 0.1) is 18.8 Å². The first kappa shape index (κ1) is 11.4. The van der Waals surface area contributed by atoms with E-state index in [-0.39, 0.29) is 12.6 Å². The van der Waals surface area contributed by atoms with Gasteiger partial charge in [-0.15, -0.1) is 0 Å². The maximum Gasteiger partial charge on any atom is 0.128 e. The van der Waals surface area contributed by atoms with Crippen LogP contribution in [0.25, 0.3) is 0 Å². The molecule has 1 aliphatic heterocycles.